The van der Waals surface area contributed by atoms with Gasteiger partial charge in [0.2, 0.25) is 5.88 Å². The number of fused-ring (bicyclic) bond motifs is 8. The van der Waals surface area contributed by atoms with Crippen molar-refractivity contribution >= 4 is 115 Å². The molecular weight excluding hydrogens is 912 g/mol. The smallest absolute Gasteiger partial charge is 0.258 e. The van der Waals surface area contributed by atoms with E-state index in [4.69, 9.17) is 9.72 Å². The Kier molecular flexibility index (Phi) is 10.1. The summed E-state index contributed by atoms with van der Waals surface area (Å²) in [5.41, 5.74) is 21.4. The van der Waals surface area contributed by atoms with Crippen LogP contribution in [0.3, 0.4) is 0 Å². The van der Waals surface area contributed by atoms with E-state index in [9.17, 15) is 0 Å². The van der Waals surface area contributed by atoms with E-state index >= 15 is 0 Å². The monoisotopic (exact) mass is 967 g/mol. The van der Waals surface area contributed by atoms with Gasteiger partial charge in [-0.15, -0.1) is 0 Å². The number of hydrogen-bond donors (Lipinski definition) is 0. The molecule has 0 radical (unpaired) electrons. The number of para-hydroxylation sites is 6. The van der Waals surface area contributed by atoms with Crippen LogP contribution in [0.1, 0.15) is 52.7 Å². The fourth-order valence-corrected chi connectivity index (χ4v) is 12.2. The van der Waals surface area contributed by atoms with E-state index in [1.807, 2.05) is 0 Å². The van der Waals surface area contributed by atoms with E-state index in [-0.39, 0.29) is 24.3 Å². The lowest BCUT2D eigenvalue weighted by Crippen LogP contribution is -2.65. The first-order chi connectivity index (χ1) is 36.5. The molecule has 4 aliphatic rings. The van der Waals surface area contributed by atoms with E-state index in [0.29, 0.717) is 5.88 Å². The SMILES string of the molecule is CC(C)(C)c1cc2c3c(c1)N(c1ccccc1)c1cc(N(c4ccccc4)c4ccccc4)ccc1B3c1cc3c(nc1O2)N(c1ccccc1)c1cc(C(C)(C)C)cc2c1B3c1ccccc1N2c1ccccc1. The third kappa shape index (κ3) is 7.14. The number of aromatic nitrogens is 1. The molecule has 0 aliphatic carbocycles. The van der Waals surface area contributed by atoms with Crippen LogP contribution in [0.2, 0.25) is 0 Å². The molecule has 0 fully saturated rings. The minimum Gasteiger partial charge on any atom is -0.440 e. The fourth-order valence-electron chi connectivity index (χ4n) is 12.2. The van der Waals surface area contributed by atoms with Crippen LogP contribution in [-0.2, 0) is 10.8 Å². The van der Waals surface area contributed by atoms with Crippen molar-refractivity contribution in [3.05, 3.63) is 236 Å². The van der Waals surface area contributed by atoms with Gasteiger partial charge in [0.1, 0.15) is 11.6 Å². The minimum atomic E-state index is -0.203. The zero-order valence-corrected chi connectivity index (χ0v) is 43.2. The fraction of sp³-hybridized carbons (Fsp3) is 0.119. The number of rotatable bonds is 6. The van der Waals surface area contributed by atoms with Gasteiger partial charge in [0.05, 0.1) is 0 Å². The molecule has 0 atom stereocenters. The molecule has 75 heavy (non-hydrogen) atoms. The third-order valence-electron chi connectivity index (χ3n) is 15.7. The van der Waals surface area contributed by atoms with Crippen molar-refractivity contribution < 1.29 is 4.74 Å². The first-order valence-corrected chi connectivity index (χ1v) is 26.3. The number of ether oxygens (including phenoxy) is 1. The van der Waals surface area contributed by atoms with Gasteiger partial charge in [-0.05, 0) is 158 Å². The summed E-state index contributed by atoms with van der Waals surface area (Å²) >= 11 is 0. The van der Waals surface area contributed by atoms with Crippen LogP contribution in [0.5, 0.6) is 11.6 Å². The van der Waals surface area contributed by atoms with Crippen LogP contribution in [0.25, 0.3) is 0 Å². The van der Waals surface area contributed by atoms with Gasteiger partial charge in [-0.2, -0.15) is 4.98 Å². The van der Waals surface area contributed by atoms with E-state index in [1.165, 1.54) is 38.9 Å². The molecule has 0 N–H and O–H groups in total. The van der Waals surface area contributed by atoms with Crippen molar-refractivity contribution in [2.75, 3.05) is 19.6 Å². The van der Waals surface area contributed by atoms with Crippen molar-refractivity contribution in [2.45, 2.75) is 52.4 Å². The summed E-state index contributed by atoms with van der Waals surface area (Å²) in [5.74, 6) is 2.36. The molecule has 14 rings (SSSR count). The van der Waals surface area contributed by atoms with Crippen LogP contribution < -0.4 is 57.1 Å². The maximum absolute atomic E-state index is 7.42. The van der Waals surface area contributed by atoms with Gasteiger partial charge in [-0.25, -0.2) is 0 Å². The molecule has 360 valence electrons. The summed E-state index contributed by atoms with van der Waals surface area (Å²) in [6.07, 6.45) is 0. The standard InChI is InChI=1S/C67H55B2N5O/c1-66(2,3)44-38-58-62-59(39-44)74(50-32-20-11-21-33-50)64-54(68(62)52-34-22-23-35-56(52)72(58)48-28-16-9-17-29-48)43-55-65(70-64)75-61-41-45(67(4,5)6)40-60-63(61)69(55)53-37-36-51(42-57(53)73(60)49-30-18-10-19-31-49)71(46-24-12-7-13-25-46)47-26-14-8-15-27-47/h7-43H,1-6H3. The minimum absolute atomic E-state index is 0.131. The van der Waals surface area contributed by atoms with E-state index in [2.05, 4.69) is 286 Å². The zero-order valence-electron chi connectivity index (χ0n) is 43.2. The molecule has 10 aromatic rings. The van der Waals surface area contributed by atoms with E-state index < -0.39 is 0 Å². The molecule has 0 amide bonds. The lowest BCUT2D eigenvalue weighted by Gasteiger charge is -2.45. The highest BCUT2D eigenvalue weighted by molar-refractivity contribution is 7.02. The summed E-state index contributed by atoms with van der Waals surface area (Å²) in [6, 6.07) is 82.0. The van der Waals surface area contributed by atoms with Gasteiger partial charge in [-0.3, -0.25) is 4.90 Å². The normalized spacial score (nSPS) is 13.7. The average Bonchev–Trinajstić information content (AvgIpc) is 3.56. The van der Waals surface area contributed by atoms with Gasteiger partial charge in [-0.1, -0.05) is 163 Å². The predicted molar refractivity (Wildman–Crippen MR) is 316 cm³/mol. The molecule has 0 unspecified atom stereocenters. The summed E-state index contributed by atoms with van der Waals surface area (Å²) < 4.78 is 7.42. The molecule has 0 bridgehead atoms. The number of pyridine rings is 1. The number of anilines is 12. The van der Waals surface area contributed by atoms with Gasteiger partial charge < -0.3 is 19.4 Å². The molecule has 0 spiro atoms. The maximum Gasteiger partial charge on any atom is 0.258 e. The maximum atomic E-state index is 7.42. The van der Waals surface area contributed by atoms with Crippen molar-refractivity contribution in [1.82, 2.24) is 4.98 Å². The largest absolute Gasteiger partial charge is 0.440 e. The number of benzene rings is 9. The van der Waals surface area contributed by atoms with Crippen LogP contribution in [0.4, 0.5) is 68.4 Å². The van der Waals surface area contributed by atoms with Crippen molar-refractivity contribution in [2.24, 2.45) is 0 Å². The molecular formula is C67H55B2N5O. The molecule has 4 aliphatic heterocycles. The van der Waals surface area contributed by atoms with Gasteiger partial charge in [0, 0.05) is 62.6 Å². The molecule has 9 aromatic carbocycles. The van der Waals surface area contributed by atoms with Gasteiger partial charge in [0.15, 0.2) is 0 Å². The zero-order chi connectivity index (χ0) is 50.7. The average molecular weight is 968 g/mol. The van der Waals surface area contributed by atoms with E-state index in [1.54, 1.807) is 0 Å². The summed E-state index contributed by atoms with van der Waals surface area (Å²) in [4.78, 5) is 15.6. The quantitative estimate of drug-likeness (QED) is 0.155. The van der Waals surface area contributed by atoms with Gasteiger partial charge >= 0.3 is 0 Å². The lowest BCUT2D eigenvalue weighted by molar-refractivity contribution is 0.465. The number of nitrogens with zero attached hydrogens (tertiary/aromatic N) is 5. The van der Waals surface area contributed by atoms with Crippen molar-refractivity contribution in [3.63, 3.8) is 0 Å². The molecule has 5 heterocycles. The second kappa shape index (κ2) is 16.9. The second-order valence-corrected chi connectivity index (χ2v) is 22.4. The predicted octanol–water partition coefficient (Wildman–Crippen LogP) is 13.6. The molecule has 6 nitrogen and oxygen atoms in total. The molecule has 8 heteroatoms. The number of hydrogen-bond acceptors (Lipinski definition) is 6. The van der Waals surface area contributed by atoms with Crippen molar-refractivity contribution in [3.8, 4) is 11.6 Å². The highest BCUT2D eigenvalue weighted by Gasteiger charge is 2.49. The van der Waals surface area contributed by atoms with Crippen LogP contribution in [0, 0.1) is 0 Å². The Balaban J connectivity index is 1.06. The molecule has 0 saturated carbocycles. The Morgan fingerprint density at radius 1 is 0.373 bits per heavy atom. The molecule has 1 aromatic heterocycles. The highest BCUT2D eigenvalue weighted by atomic mass is 16.5. The Hall–Kier alpha value is -8.74. The Bertz CT molecular complexity index is 3820. The topological polar surface area (TPSA) is 35.1 Å². The second-order valence-electron chi connectivity index (χ2n) is 22.4. The summed E-state index contributed by atoms with van der Waals surface area (Å²) in [7, 11) is 0. The third-order valence-corrected chi connectivity index (χ3v) is 15.7. The first-order valence-electron chi connectivity index (χ1n) is 26.3. The summed E-state index contributed by atoms with van der Waals surface area (Å²) in [6.45, 7) is 13.5. The Labute approximate surface area is 441 Å². The van der Waals surface area contributed by atoms with Crippen LogP contribution >= 0.6 is 0 Å². The van der Waals surface area contributed by atoms with E-state index in [0.717, 1.165) is 79.1 Å². The highest BCUT2D eigenvalue weighted by Crippen LogP contribution is 2.49. The van der Waals surface area contributed by atoms with Gasteiger partial charge in [0.25, 0.3) is 13.4 Å². The first kappa shape index (κ1) is 44.9. The van der Waals surface area contributed by atoms with Crippen LogP contribution in [0.15, 0.2) is 224 Å². The Morgan fingerprint density at radius 2 is 0.827 bits per heavy atom. The van der Waals surface area contributed by atoms with Crippen LogP contribution in [-0.4, -0.2) is 18.4 Å². The Morgan fingerprint density at radius 3 is 1.40 bits per heavy atom. The van der Waals surface area contributed by atoms with Crippen molar-refractivity contribution in [1.29, 1.82) is 0 Å². The summed E-state index contributed by atoms with van der Waals surface area (Å²) in [5, 5.41) is 0. The lowest BCUT2D eigenvalue weighted by atomic mass is 9.31. The molecule has 0 saturated heterocycles.